The summed E-state index contributed by atoms with van der Waals surface area (Å²) in [7, 11) is 0. The standard InChI is InChI=1S/C15H26N2O/c1-2-7-16-8-10-17(11-9-16)13-15(18)12-14-5-3-4-6-14/h1,14-15,18H,3-13H2. The molecule has 3 heteroatoms. The predicted octanol–water partition coefficient (Wildman–Crippen LogP) is 1.18. The zero-order chi connectivity index (χ0) is 12.8. The van der Waals surface area contributed by atoms with E-state index in [1.165, 1.54) is 25.7 Å². The summed E-state index contributed by atoms with van der Waals surface area (Å²) in [5.41, 5.74) is 0. The van der Waals surface area contributed by atoms with Crippen molar-refractivity contribution in [3.05, 3.63) is 0 Å². The molecule has 1 atom stereocenters. The number of terminal acetylenes is 1. The highest BCUT2D eigenvalue weighted by molar-refractivity contribution is 4.90. The number of rotatable bonds is 5. The van der Waals surface area contributed by atoms with Gasteiger partial charge in [0.1, 0.15) is 0 Å². The van der Waals surface area contributed by atoms with E-state index >= 15 is 0 Å². The van der Waals surface area contributed by atoms with Crippen LogP contribution < -0.4 is 0 Å². The molecule has 3 nitrogen and oxygen atoms in total. The van der Waals surface area contributed by atoms with Gasteiger partial charge in [0.15, 0.2) is 0 Å². The van der Waals surface area contributed by atoms with Gasteiger partial charge < -0.3 is 5.11 Å². The second-order valence-electron chi connectivity index (χ2n) is 5.82. The number of nitrogens with zero attached hydrogens (tertiary/aromatic N) is 2. The molecule has 2 aliphatic rings. The summed E-state index contributed by atoms with van der Waals surface area (Å²) >= 11 is 0. The van der Waals surface area contributed by atoms with Crippen LogP contribution in [0.4, 0.5) is 0 Å². The van der Waals surface area contributed by atoms with Gasteiger partial charge in [-0.2, -0.15) is 0 Å². The third kappa shape index (κ3) is 4.28. The summed E-state index contributed by atoms with van der Waals surface area (Å²) in [6.45, 7) is 5.78. The van der Waals surface area contributed by atoms with E-state index in [-0.39, 0.29) is 6.10 Å². The van der Waals surface area contributed by atoms with E-state index in [4.69, 9.17) is 6.42 Å². The maximum atomic E-state index is 10.1. The van der Waals surface area contributed by atoms with E-state index in [1.807, 2.05) is 0 Å². The molecule has 0 aromatic rings. The molecule has 1 aliphatic carbocycles. The Morgan fingerprint density at radius 1 is 1.11 bits per heavy atom. The van der Waals surface area contributed by atoms with Crippen LogP contribution in [0, 0.1) is 18.3 Å². The van der Waals surface area contributed by atoms with Gasteiger partial charge in [0.05, 0.1) is 12.6 Å². The number of aliphatic hydroxyl groups is 1. The molecule has 1 saturated heterocycles. The van der Waals surface area contributed by atoms with Crippen LogP contribution in [0.25, 0.3) is 0 Å². The minimum absolute atomic E-state index is 0.132. The second kappa shape index (κ2) is 7.13. The zero-order valence-corrected chi connectivity index (χ0v) is 11.4. The topological polar surface area (TPSA) is 26.7 Å². The maximum Gasteiger partial charge on any atom is 0.0669 e. The quantitative estimate of drug-likeness (QED) is 0.742. The lowest BCUT2D eigenvalue weighted by Crippen LogP contribution is -2.48. The SMILES string of the molecule is C#CCN1CCN(CC(O)CC2CCCC2)CC1. The Kier molecular flexibility index (Phi) is 5.49. The van der Waals surface area contributed by atoms with Crippen LogP contribution in [-0.2, 0) is 0 Å². The highest BCUT2D eigenvalue weighted by atomic mass is 16.3. The van der Waals surface area contributed by atoms with E-state index in [2.05, 4.69) is 15.7 Å². The number of β-amino-alcohol motifs (C(OH)–C–C–N with tert-alkyl or cyclic N) is 1. The van der Waals surface area contributed by atoms with Crippen LogP contribution in [0.2, 0.25) is 0 Å². The lowest BCUT2D eigenvalue weighted by Gasteiger charge is -2.35. The summed E-state index contributed by atoms with van der Waals surface area (Å²) in [6.07, 6.45) is 11.6. The Morgan fingerprint density at radius 3 is 2.33 bits per heavy atom. The molecule has 0 spiro atoms. The normalized spacial score (nSPS) is 25.1. The molecule has 0 aromatic carbocycles. The largest absolute Gasteiger partial charge is 0.392 e. The van der Waals surface area contributed by atoms with Crippen molar-refractivity contribution in [3.8, 4) is 12.3 Å². The van der Waals surface area contributed by atoms with Gasteiger partial charge >= 0.3 is 0 Å². The summed E-state index contributed by atoms with van der Waals surface area (Å²) in [6, 6.07) is 0. The predicted molar refractivity (Wildman–Crippen MR) is 74.3 cm³/mol. The first-order chi connectivity index (χ1) is 8.78. The Labute approximate surface area is 111 Å². The van der Waals surface area contributed by atoms with Crippen molar-refractivity contribution in [2.45, 2.75) is 38.2 Å². The maximum absolute atomic E-state index is 10.1. The third-order valence-electron chi connectivity index (χ3n) is 4.33. The van der Waals surface area contributed by atoms with Crippen LogP contribution in [-0.4, -0.2) is 60.3 Å². The lowest BCUT2D eigenvalue weighted by molar-refractivity contribution is 0.0638. The summed E-state index contributed by atoms with van der Waals surface area (Å²) in [5, 5.41) is 10.1. The number of hydrogen-bond acceptors (Lipinski definition) is 3. The van der Waals surface area contributed by atoms with Gasteiger partial charge in [0.25, 0.3) is 0 Å². The molecule has 2 rings (SSSR count). The van der Waals surface area contributed by atoms with Crippen LogP contribution in [0.5, 0.6) is 0 Å². The lowest BCUT2D eigenvalue weighted by atomic mass is 10.00. The Hall–Kier alpha value is -0.560. The highest BCUT2D eigenvalue weighted by Crippen LogP contribution is 2.28. The molecule has 0 aromatic heterocycles. The Balaban J connectivity index is 1.63. The average Bonchev–Trinajstić information content (AvgIpc) is 2.84. The van der Waals surface area contributed by atoms with Crippen molar-refractivity contribution in [2.24, 2.45) is 5.92 Å². The molecule has 1 unspecified atom stereocenters. The first kappa shape index (κ1) is 13.9. The van der Waals surface area contributed by atoms with Gasteiger partial charge in [0.2, 0.25) is 0 Å². The second-order valence-corrected chi connectivity index (χ2v) is 5.82. The molecule has 0 radical (unpaired) electrons. The van der Waals surface area contributed by atoms with E-state index < -0.39 is 0 Å². The van der Waals surface area contributed by atoms with Gasteiger partial charge in [-0.15, -0.1) is 6.42 Å². The summed E-state index contributed by atoms with van der Waals surface area (Å²) in [5.74, 6) is 3.48. The fourth-order valence-electron chi connectivity index (χ4n) is 3.26. The Bertz CT molecular complexity index is 273. The van der Waals surface area contributed by atoms with Gasteiger partial charge in [-0.3, -0.25) is 9.80 Å². The average molecular weight is 250 g/mol. The van der Waals surface area contributed by atoms with E-state index in [9.17, 15) is 5.11 Å². The van der Waals surface area contributed by atoms with E-state index in [0.29, 0.717) is 0 Å². The van der Waals surface area contributed by atoms with E-state index in [0.717, 1.165) is 51.6 Å². The van der Waals surface area contributed by atoms with Gasteiger partial charge in [-0.1, -0.05) is 31.6 Å². The van der Waals surface area contributed by atoms with Gasteiger partial charge in [-0.25, -0.2) is 0 Å². The van der Waals surface area contributed by atoms with Gasteiger partial charge in [0, 0.05) is 32.7 Å². The van der Waals surface area contributed by atoms with Crippen molar-refractivity contribution >= 4 is 0 Å². The fourth-order valence-corrected chi connectivity index (χ4v) is 3.26. The van der Waals surface area contributed by atoms with Crippen molar-refractivity contribution < 1.29 is 5.11 Å². The molecule has 1 N–H and O–H groups in total. The molecular weight excluding hydrogens is 224 g/mol. The number of hydrogen-bond donors (Lipinski definition) is 1. The smallest absolute Gasteiger partial charge is 0.0669 e. The molecule has 18 heavy (non-hydrogen) atoms. The van der Waals surface area contributed by atoms with Crippen molar-refractivity contribution in [1.29, 1.82) is 0 Å². The summed E-state index contributed by atoms with van der Waals surface area (Å²) in [4.78, 5) is 4.69. The minimum Gasteiger partial charge on any atom is -0.392 e. The van der Waals surface area contributed by atoms with Crippen molar-refractivity contribution in [1.82, 2.24) is 9.80 Å². The molecule has 102 valence electrons. The number of piperazine rings is 1. The molecule has 1 aliphatic heterocycles. The Morgan fingerprint density at radius 2 is 1.72 bits per heavy atom. The van der Waals surface area contributed by atoms with Gasteiger partial charge in [-0.05, 0) is 12.3 Å². The third-order valence-corrected chi connectivity index (χ3v) is 4.33. The first-order valence-corrected chi connectivity index (χ1v) is 7.34. The van der Waals surface area contributed by atoms with Crippen LogP contribution in [0.3, 0.4) is 0 Å². The molecule has 1 heterocycles. The minimum atomic E-state index is -0.132. The van der Waals surface area contributed by atoms with Crippen LogP contribution >= 0.6 is 0 Å². The highest BCUT2D eigenvalue weighted by Gasteiger charge is 2.22. The van der Waals surface area contributed by atoms with Crippen LogP contribution in [0.15, 0.2) is 0 Å². The molecule has 0 bridgehead atoms. The van der Waals surface area contributed by atoms with E-state index in [1.54, 1.807) is 0 Å². The van der Waals surface area contributed by atoms with Crippen molar-refractivity contribution in [3.63, 3.8) is 0 Å². The van der Waals surface area contributed by atoms with Crippen molar-refractivity contribution in [2.75, 3.05) is 39.3 Å². The molecular formula is C15H26N2O. The molecule has 2 fully saturated rings. The van der Waals surface area contributed by atoms with Crippen LogP contribution in [0.1, 0.15) is 32.1 Å². The summed E-state index contributed by atoms with van der Waals surface area (Å²) < 4.78 is 0. The zero-order valence-electron chi connectivity index (χ0n) is 11.4. The molecule has 0 amide bonds. The monoisotopic (exact) mass is 250 g/mol. The molecule has 1 saturated carbocycles. The fraction of sp³-hybridized carbons (Fsp3) is 0.867. The number of aliphatic hydroxyl groups excluding tert-OH is 1. The first-order valence-electron chi connectivity index (χ1n) is 7.34.